The minimum absolute atomic E-state index is 0.500. The Morgan fingerprint density at radius 1 is 0.875 bits per heavy atom. The van der Waals surface area contributed by atoms with Crippen LogP contribution in [0.2, 0.25) is 0 Å². The molecule has 1 unspecified atom stereocenters. The Morgan fingerprint density at radius 3 is 1.38 bits per heavy atom. The summed E-state index contributed by atoms with van der Waals surface area (Å²) in [6.45, 7) is 6.53. The lowest BCUT2D eigenvalue weighted by atomic mass is 10.2. The van der Waals surface area contributed by atoms with Gasteiger partial charge in [0, 0.05) is 12.1 Å². The SMILES string of the molecule is CC1N[C@@H](C)[C@@H](C)N1. The molecule has 0 aromatic heterocycles. The molecule has 3 atom stereocenters. The summed E-state index contributed by atoms with van der Waals surface area (Å²) >= 11 is 0. The van der Waals surface area contributed by atoms with Gasteiger partial charge in [0.2, 0.25) is 0 Å². The fourth-order valence-electron chi connectivity index (χ4n) is 1.13. The molecule has 48 valence electrons. The van der Waals surface area contributed by atoms with Crippen molar-refractivity contribution >= 4 is 0 Å². The first-order valence-electron chi connectivity index (χ1n) is 3.22. The molecule has 2 heteroatoms. The highest BCUT2D eigenvalue weighted by Crippen LogP contribution is 2.00. The molecule has 0 saturated carbocycles. The van der Waals surface area contributed by atoms with Crippen molar-refractivity contribution < 1.29 is 0 Å². The summed E-state index contributed by atoms with van der Waals surface area (Å²) in [7, 11) is 0. The second-order valence-electron chi connectivity index (χ2n) is 2.63. The fraction of sp³-hybridized carbons (Fsp3) is 1.00. The fourth-order valence-corrected chi connectivity index (χ4v) is 1.13. The van der Waals surface area contributed by atoms with Crippen LogP contribution >= 0.6 is 0 Å². The summed E-state index contributed by atoms with van der Waals surface area (Å²) in [5.74, 6) is 0. The van der Waals surface area contributed by atoms with E-state index in [0.29, 0.717) is 18.2 Å². The van der Waals surface area contributed by atoms with Crippen molar-refractivity contribution in [1.29, 1.82) is 0 Å². The minimum atomic E-state index is 0.500. The minimum Gasteiger partial charge on any atom is -0.298 e. The third-order valence-electron chi connectivity index (χ3n) is 1.78. The second kappa shape index (κ2) is 2.03. The molecule has 0 amide bonds. The third kappa shape index (κ3) is 1.01. The van der Waals surface area contributed by atoms with E-state index in [9.17, 15) is 0 Å². The molecule has 1 rings (SSSR count). The highest BCUT2D eigenvalue weighted by atomic mass is 15.2. The van der Waals surface area contributed by atoms with E-state index in [1.807, 2.05) is 0 Å². The summed E-state index contributed by atoms with van der Waals surface area (Å²) in [5, 5.41) is 6.71. The van der Waals surface area contributed by atoms with E-state index in [0.717, 1.165) is 0 Å². The van der Waals surface area contributed by atoms with Crippen LogP contribution in [0.3, 0.4) is 0 Å². The van der Waals surface area contributed by atoms with Gasteiger partial charge in [0.15, 0.2) is 0 Å². The second-order valence-corrected chi connectivity index (χ2v) is 2.63. The molecule has 2 nitrogen and oxygen atoms in total. The lowest BCUT2D eigenvalue weighted by Crippen LogP contribution is -2.28. The predicted octanol–water partition coefficient (Wildman–Crippen LogP) is 0.302. The van der Waals surface area contributed by atoms with Gasteiger partial charge in [0.1, 0.15) is 0 Å². The Hall–Kier alpha value is -0.0800. The molecule has 0 spiro atoms. The van der Waals surface area contributed by atoms with E-state index in [1.54, 1.807) is 0 Å². The normalized spacial score (nSPS) is 47.6. The largest absolute Gasteiger partial charge is 0.298 e. The zero-order valence-electron chi connectivity index (χ0n) is 5.73. The maximum absolute atomic E-state index is 3.36. The van der Waals surface area contributed by atoms with Gasteiger partial charge < -0.3 is 0 Å². The molecule has 8 heavy (non-hydrogen) atoms. The highest BCUT2D eigenvalue weighted by molar-refractivity contribution is 4.84. The van der Waals surface area contributed by atoms with Crippen molar-refractivity contribution in [1.82, 2.24) is 10.6 Å². The standard InChI is InChI=1S/C6H14N2/c1-4-5(2)8-6(3)7-4/h4-8H,1-3H3/t4-,5+,6?. The molecule has 1 aliphatic rings. The van der Waals surface area contributed by atoms with Crippen LogP contribution < -0.4 is 10.6 Å². The molecule has 0 aromatic carbocycles. The number of rotatable bonds is 0. The molecule has 2 N–H and O–H groups in total. The molecule has 0 aromatic rings. The molecule has 0 bridgehead atoms. The van der Waals surface area contributed by atoms with Crippen molar-refractivity contribution in [2.75, 3.05) is 0 Å². The maximum Gasteiger partial charge on any atom is 0.0547 e. The maximum atomic E-state index is 3.36. The number of hydrogen-bond acceptors (Lipinski definition) is 2. The first-order valence-corrected chi connectivity index (χ1v) is 3.22. The van der Waals surface area contributed by atoms with E-state index < -0.39 is 0 Å². The molecular weight excluding hydrogens is 100 g/mol. The number of nitrogens with one attached hydrogen (secondary N) is 2. The Morgan fingerprint density at radius 2 is 1.25 bits per heavy atom. The van der Waals surface area contributed by atoms with E-state index in [2.05, 4.69) is 31.4 Å². The van der Waals surface area contributed by atoms with Crippen molar-refractivity contribution in [3.05, 3.63) is 0 Å². The van der Waals surface area contributed by atoms with Crippen LogP contribution in [-0.4, -0.2) is 18.2 Å². The smallest absolute Gasteiger partial charge is 0.0547 e. The topological polar surface area (TPSA) is 24.1 Å². The molecular formula is C6H14N2. The zero-order valence-corrected chi connectivity index (χ0v) is 5.73. The van der Waals surface area contributed by atoms with E-state index in [-0.39, 0.29) is 0 Å². The Bertz CT molecular complexity index is 72.6. The lowest BCUT2D eigenvalue weighted by Gasteiger charge is -2.05. The molecule has 0 aliphatic carbocycles. The summed E-state index contributed by atoms with van der Waals surface area (Å²) in [5.41, 5.74) is 0. The molecule has 1 fully saturated rings. The van der Waals surface area contributed by atoms with Gasteiger partial charge >= 0.3 is 0 Å². The Labute approximate surface area is 50.7 Å². The highest BCUT2D eigenvalue weighted by Gasteiger charge is 2.21. The van der Waals surface area contributed by atoms with Gasteiger partial charge in [-0.25, -0.2) is 0 Å². The van der Waals surface area contributed by atoms with Gasteiger partial charge in [-0.05, 0) is 20.8 Å². The van der Waals surface area contributed by atoms with Crippen molar-refractivity contribution in [3.63, 3.8) is 0 Å². The summed E-state index contributed by atoms with van der Waals surface area (Å²) in [6.07, 6.45) is 0.500. The Kier molecular flexibility index (Phi) is 1.54. The Balaban J connectivity index is 2.39. The lowest BCUT2D eigenvalue weighted by molar-refractivity contribution is 0.575. The first-order chi connectivity index (χ1) is 3.70. The molecule has 0 radical (unpaired) electrons. The molecule has 1 saturated heterocycles. The van der Waals surface area contributed by atoms with Crippen LogP contribution in [0.1, 0.15) is 20.8 Å². The summed E-state index contributed by atoms with van der Waals surface area (Å²) in [6, 6.07) is 1.26. The third-order valence-corrected chi connectivity index (χ3v) is 1.78. The van der Waals surface area contributed by atoms with E-state index >= 15 is 0 Å². The molecule has 1 heterocycles. The van der Waals surface area contributed by atoms with Gasteiger partial charge in [0.25, 0.3) is 0 Å². The van der Waals surface area contributed by atoms with Crippen LogP contribution in [0.15, 0.2) is 0 Å². The van der Waals surface area contributed by atoms with Crippen molar-refractivity contribution in [3.8, 4) is 0 Å². The molecule has 1 aliphatic heterocycles. The van der Waals surface area contributed by atoms with Gasteiger partial charge in [-0.15, -0.1) is 0 Å². The monoisotopic (exact) mass is 114 g/mol. The van der Waals surface area contributed by atoms with Gasteiger partial charge in [0.05, 0.1) is 6.17 Å². The van der Waals surface area contributed by atoms with Crippen LogP contribution in [0, 0.1) is 0 Å². The quantitative estimate of drug-likeness (QED) is 0.473. The van der Waals surface area contributed by atoms with Crippen LogP contribution in [0.5, 0.6) is 0 Å². The van der Waals surface area contributed by atoms with Crippen LogP contribution in [-0.2, 0) is 0 Å². The first kappa shape index (κ1) is 6.05. The van der Waals surface area contributed by atoms with Crippen molar-refractivity contribution in [2.45, 2.75) is 39.0 Å². The van der Waals surface area contributed by atoms with E-state index in [1.165, 1.54) is 0 Å². The average molecular weight is 114 g/mol. The predicted molar refractivity (Wildman–Crippen MR) is 34.7 cm³/mol. The van der Waals surface area contributed by atoms with Gasteiger partial charge in [-0.2, -0.15) is 0 Å². The van der Waals surface area contributed by atoms with Crippen LogP contribution in [0.25, 0.3) is 0 Å². The van der Waals surface area contributed by atoms with Crippen LogP contribution in [0.4, 0.5) is 0 Å². The van der Waals surface area contributed by atoms with E-state index in [4.69, 9.17) is 0 Å². The average Bonchev–Trinajstić information content (AvgIpc) is 1.85. The zero-order chi connectivity index (χ0) is 6.15. The summed E-state index contributed by atoms with van der Waals surface area (Å²) in [4.78, 5) is 0. The summed E-state index contributed by atoms with van der Waals surface area (Å²) < 4.78 is 0. The van der Waals surface area contributed by atoms with Gasteiger partial charge in [-0.3, -0.25) is 10.6 Å². The van der Waals surface area contributed by atoms with Gasteiger partial charge in [-0.1, -0.05) is 0 Å². The van der Waals surface area contributed by atoms with Crippen molar-refractivity contribution in [2.24, 2.45) is 0 Å². The number of hydrogen-bond donors (Lipinski definition) is 2.